The lowest BCUT2D eigenvalue weighted by atomic mass is 10.2. The summed E-state index contributed by atoms with van der Waals surface area (Å²) >= 11 is 0. The van der Waals surface area contributed by atoms with Gasteiger partial charge in [-0.3, -0.25) is 0 Å². The minimum atomic E-state index is -0.601. The van der Waals surface area contributed by atoms with Gasteiger partial charge in [0.1, 0.15) is 11.4 Å². The first-order valence-corrected chi connectivity index (χ1v) is 4.33. The van der Waals surface area contributed by atoms with Gasteiger partial charge in [-0.05, 0) is 0 Å². The normalized spacial score (nSPS) is 17.0. The fraction of sp³-hybridized carbons (Fsp3) is 0. The molecule has 3 rings (SSSR count). The molecule has 0 spiro atoms. The molecule has 3 heterocycles. The number of aromatic nitrogens is 2. The third-order valence-electron chi connectivity index (χ3n) is 2.28. The average molecular weight is 216 g/mol. The van der Waals surface area contributed by atoms with Crippen molar-refractivity contribution in [2.45, 2.75) is 0 Å². The highest BCUT2D eigenvalue weighted by Gasteiger charge is 2.35. The van der Waals surface area contributed by atoms with Crippen molar-refractivity contribution < 1.29 is 19.1 Å². The van der Waals surface area contributed by atoms with Gasteiger partial charge < -0.3 is 9.47 Å². The topological polar surface area (TPSA) is 78.4 Å². The van der Waals surface area contributed by atoms with Crippen LogP contribution in [0.2, 0.25) is 0 Å². The van der Waals surface area contributed by atoms with Crippen LogP contribution in [0.1, 0.15) is 11.4 Å². The zero-order valence-electron chi connectivity index (χ0n) is 7.94. The van der Waals surface area contributed by atoms with Gasteiger partial charge in [-0.2, -0.15) is 0 Å². The van der Waals surface area contributed by atoms with Crippen LogP contribution in [0.25, 0.3) is 11.1 Å². The van der Waals surface area contributed by atoms with Crippen LogP contribution in [0.4, 0.5) is 0 Å². The van der Waals surface area contributed by atoms with Crippen molar-refractivity contribution in [1.29, 1.82) is 0 Å². The molecular weight excluding hydrogens is 212 g/mol. The number of carbonyl (C=O) groups is 2. The monoisotopic (exact) mass is 216 g/mol. The molecule has 78 valence electrons. The number of hydrogen-bond donors (Lipinski definition) is 0. The van der Waals surface area contributed by atoms with E-state index in [0.717, 1.165) is 0 Å². The van der Waals surface area contributed by atoms with Crippen molar-refractivity contribution >= 4 is 23.1 Å². The molecule has 0 radical (unpaired) electrons. The van der Waals surface area contributed by atoms with Gasteiger partial charge in [0.05, 0.1) is 11.1 Å². The van der Waals surface area contributed by atoms with Gasteiger partial charge >= 0.3 is 11.9 Å². The number of rotatable bonds is 0. The Kier molecular flexibility index (Phi) is 1.40. The zero-order valence-corrected chi connectivity index (χ0v) is 7.94. The number of carbonyl (C=O) groups excluding carboxylic acids is 2. The van der Waals surface area contributed by atoms with E-state index in [9.17, 15) is 9.59 Å². The molecule has 2 aliphatic heterocycles. The second-order valence-corrected chi connectivity index (χ2v) is 3.27. The molecule has 1 aromatic heterocycles. The van der Waals surface area contributed by atoms with E-state index in [-0.39, 0.29) is 34.3 Å². The van der Waals surface area contributed by atoms with Crippen LogP contribution >= 0.6 is 0 Å². The summed E-state index contributed by atoms with van der Waals surface area (Å²) < 4.78 is 9.62. The van der Waals surface area contributed by atoms with Crippen LogP contribution in [-0.4, -0.2) is 21.9 Å². The number of ether oxygens (including phenoxy) is 2. The molecule has 0 saturated heterocycles. The van der Waals surface area contributed by atoms with E-state index in [1.165, 1.54) is 0 Å². The molecule has 0 bridgehead atoms. The number of esters is 2. The highest BCUT2D eigenvalue weighted by Crippen LogP contribution is 2.37. The summed E-state index contributed by atoms with van der Waals surface area (Å²) in [5.74, 6) is -1.13. The first-order valence-electron chi connectivity index (χ1n) is 4.33. The summed E-state index contributed by atoms with van der Waals surface area (Å²) in [7, 11) is 0. The van der Waals surface area contributed by atoms with Crippen LogP contribution in [-0.2, 0) is 9.59 Å². The van der Waals surface area contributed by atoms with Gasteiger partial charge in [-0.1, -0.05) is 13.2 Å². The van der Waals surface area contributed by atoms with Gasteiger partial charge in [0.15, 0.2) is 0 Å². The quantitative estimate of drug-likeness (QED) is 0.459. The summed E-state index contributed by atoms with van der Waals surface area (Å²) in [6.07, 6.45) is 0. The van der Waals surface area contributed by atoms with Gasteiger partial charge in [0.2, 0.25) is 0 Å². The molecule has 0 fully saturated rings. The van der Waals surface area contributed by atoms with E-state index in [4.69, 9.17) is 9.47 Å². The summed E-state index contributed by atoms with van der Waals surface area (Å²) in [6.45, 7) is 7.00. The average Bonchev–Trinajstić information content (AvgIpc) is 2.67. The van der Waals surface area contributed by atoms with E-state index in [1.807, 2.05) is 0 Å². The molecule has 0 atom stereocenters. The smallest absolute Gasteiger partial charge is 0.346 e. The van der Waals surface area contributed by atoms with Gasteiger partial charge in [0.25, 0.3) is 11.8 Å². The molecule has 0 aliphatic carbocycles. The second-order valence-electron chi connectivity index (χ2n) is 3.27. The fourth-order valence-corrected chi connectivity index (χ4v) is 1.43. The predicted molar refractivity (Wildman–Crippen MR) is 51.4 cm³/mol. The van der Waals surface area contributed by atoms with Crippen molar-refractivity contribution in [3.8, 4) is 11.8 Å². The summed E-state index contributed by atoms with van der Waals surface area (Å²) in [5, 5.41) is 0. The first-order chi connectivity index (χ1) is 7.58. The van der Waals surface area contributed by atoms with Crippen LogP contribution < -0.4 is 9.47 Å². The Labute approximate surface area is 89.2 Å². The van der Waals surface area contributed by atoms with Gasteiger partial charge in [0, 0.05) is 0 Å². The lowest BCUT2D eigenvalue weighted by Crippen LogP contribution is -2.01. The van der Waals surface area contributed by atoms with Crippen molar-refractivity contribution in [1.82, 2.24) is 9.97 Å². The van der Waals surface area contributed by atoms with Crippen molar-refractivity contribution in [2.75, 3.05) is 0 Å². The van der Waals surface area contributed by atoms with E-state index in [0.29, 0.717) is 0 Å². The summed E-state index contributed by atoms with van der Waals surface area (Å²) in [6, 6.07) is 0. The van der Waals surface area contributed by atoms with Gasteiger partial charge in [-0.25, -0.2) is 19.6 Å². The minimum absolute atomic E-state index is 0.0354. The molecule has 0 N–H and O–H groups in total. The standard InChI is InChI=1S/C10H4N2O4/c1-3-5-7(15-9(3)13)12-6-4(2)10(14)16-8(6)11-5/h1-2H2. The Morgan fingerprint density at radius 3 is 1.56 bits per heavy atom. The Balaban J connectivity index is 2.24. The lowest BCUT2D eigenvalue weighted by molar-refractivity contribution is -0.128. The van der Waals surface area contributed by atoms with Crippen molar-refractivity contribution in [2.24, 2.45) is 0 Å². The minimum Gasteiger partial charge on any atom is -0.401 e. The molecular formula is C10H4N2O4. The fourth-order valence-electron chi connectivity index (χ4n) is 1.43. The van der Waals surface area contributed by atoms with Crippen LogP contribution in [0, 0.1) is 0 Å². The number of fused-ring (bicyclic) bond motifs is 2. The molecule has 1 aromatic rings. The highest BCUT2D eigenvalue weighted by molar-refractivity contribution is 6.21. The Morgan fingerprint density at radius 2 is 1.19 bits per heavy atom. The molecule has 0 aromatic carbocycles. The lowest BCUT2D eigenvalue weighted by Gasteiger charge is -1.97. The SMILES string of the molecule is C=C1C(=O)Oc2nc3c(nc21)OC(=O)C3=C. The third-order valence-corrected chi connectivity index (χ3v) is 2.28. The third kappa shape index (κ3) is 0.902. The Bertz CT molecular complexity index is 549. The Morgan fingerprint density at radius 1 is 0.812 bits per heavy atom. The van der Waals surface area contributed by atoms with Crippen molar-refractivity contribution in [3.63, 3.8) is 0 Å². The Hall–Kier alpha value is -2.50. The number of nitrogens with zero attached hydrogens (tertiary/aromatic N) is 2. The van der Waals surface area contributed by atoms with Crippen LogP contribution in [0.5, 0.6) is 11.8 Å². The van der Waals surface area contributed by atoms with E-state index in [2.05, 4.69) is 23.1 Å². The maximum Gasteiger partial charge on any atom is 0.346 e. The molecule has 6 nitrogen and oxygen atoms in total. The molecule has 6 heteroatoms. The maximum atomic E-state index is 11.2. The molecule has 2 aliphatic rings. The molecule has 0 amide bonds. The highest BCUT2D eigenvalue weighted by atomic mass is 16.6. The predicted octanol–water partition coefficient (Wildman–Crippen LogP) is 0.341. The number of hydrogen-bond acceptors (Lipinski definition) is 6. The summed E-state index contributed by atoms with van der Waals surface area (Å²) in [4.78, 5) is 30.3. The molecule has 0 saturated carbocycles. The first kappa shape index (κ1) is 8.78. The molecule has 16 heavy (non-hydrogen) atoms. The van der Waals surface area contributed by atoms with Gasteiger partial charge in [-0.15, -0.1) is 0 Å². The largest absolute Gasteiger partial charge is 0.401 e. The maximum absolute atomic E-state index is 11.2. The zero-order chi connectivity index (χ0) is 11.4. The molecule has 0 unspecified atom stereocenters. The van der Waals surface area contributed by atoms with E-state index >= 15 is 0 Å². The van der Waals surface area contributed by atoms with Crippen molar-refractivity contribution in [3.05, 3.63) is 24.5 Å². The van der Waals surface area contributed by atoms with Crippen LogP contribution in [0.3, 0.4) is 0 Å². The second kappa shape index (κ2) is 2.54. The van der Waals surface area contributed by atoms with E-state index in [1.54, 1.807) is 0 Å². The van der Waals surface area contributed by atoms with E-state index < -0.39 is 11.9 Å². The summed E-state index contributed by atoms with van der Waals surface area (Å²) in [5.41, 5.74) is 0.593. The van der Waals surface area contributed by atoms with Crippen LogP contribution in [0.15, 0.2) is 13.2 Å².